The Morgan fingerprint density at radius 3 is 2.42 bits per heavy atom. The maximum absolute atomic E-state index is 10.9. The lowest BCUT2D eigenvalue weighted by Crippen LogP contribution is -2.41. The highest BCUT2D eigenvalue weighted by Crippen LogP contribution is 2.56. The van der Waals surface area contributed by atoms with Crippen LogP contribution in [0.1, 0.15) is 33.6 Å². The fourth-order valence-corrected chi connectivity index (χ4v) is 2.92. The minimum Gasteiger partial charge on any atom is -0.371 e. The third-order valence-corrected chi connectivity index (χ3v) is 3.74. The lowest BCUT2D eigenvalue weighted by Gasteiger charge is -2.35. The predicted molar refractivity (Wildman–Crippen MR) is 45.8 cm³/mol. The Balaban J connectivity index is 2.37. The summed E-state index contributed by atoms with van der Waals surface area (Å²) in [5, 5.41) is 0. The molecule has 2 rings (SSSR count). The summed E-state index contributed by atoms with van der Waals surface area (Å²) in [6.45, 7) is 6.35. The molecule has 0 aliphatic carbocycles. The molecular weight excluding hydrogens is 152 g/mol. The smallest absolute Gasteiger partial charge is 0.126 e. The van der Waals surface area contributed by atoms with Crippen molar-refractivity contribution in [1.29, 1.82) is 0 Å². The Hall–Kier alpha value is -0.370. The zero-order valence-corrected chi connectivity index (χ0v) is 7.96. The molecule has 0 spiro atoms. The van der Waals surface area contributed by atoms with Crippen LogP contribution in [0.5, 0.6) is 0 Å². The zero-order chi connectivity index (χ0) is 8.98. The van der Waals surface area contributed by atoms with Gasteiger partial charge >= 0.3 is 0 Å². The summed E-state index contributed by atoms with van der Waals surface area (Å²) >= 11 is 0. The van der Waals surface area contributed by atoms with Gasteiger partial charge < -0.3 is 9.53 Å². The van der Waals surface area contributed by atoms with Crippen LogP contribution in [0, 0.1) is 11.3 Å². The lowest BCUT2D eigenvalue weighted by atomic mass is 9.65. The summed E-state index contributed by atoms with van der Waals surface area (Å²) < 4.78 is 5.85. The third-order valence-electron chi connectivity index (χ3n) is 3.74. The van der Waals surface area contributed by atoms with Gasteiger partial charge in [0.1, 0.15) is 6.29 Å². The van der Waals surface area contributed by atoms with Crippen LogP contribution in [0.3, 0.4) is 0 Å². The van der Waals surface area contributed by atoms with E-state index in [1.54, 1.807) is 0 Å². The molecule has 2 fully saturated rings. The molecule has 2 aliphatic rings. The SMILES string of the molecule is CC1(C)[C@@H]2CC[C@@](C)(O2)[C@H]1C=O. The van der Waals surface area contributed by atoms with Crippen molar-refractivity contribution in [3.8, 4) is 0 Å². The van der Waals surface area contributed by atoms with E-state index in [9.17, 15) is 4.79 Å². The number of carbonyl (C=O) groups excluding carboxylic acids is 1. The minimum absolute atomic E-state index is 0.0503. The molecule has 2 saturated heterocycles. The van der Waals surface area contributed by atoms with Crippen LogP contribution >= 0.6 is 0 Å². The van der Waals surface area contributed by atoms with Crippen LogP contribution in [0.2, 0.25) is 0 Å². The Morgan fingerprint density at radius 1 is 1.42 bits per heavy atom. The van der Waals surface area contributed by atoms with Gasteiger partial charge in [-0.05, 0) is 19.8 Å². The lowest BCUT2D eigenvalue weighted by molar-refractivity contribution is -0.117. The van der Waals surface area contributed by atoms with E-state index in [-0.39, 0.29) is 16.9 Å². The first-order chi connectivity index (χ1) is 5.50. The molecule has 0 aromatic carbocycles. The van der Waals surface area contributed by atoms with E-state index in [0.717, 1.165) is 19.1 Å². The average Bonchev–Trinajstić information content (AvgIpc) is 2.39. The van der Waals surface area contributed by atoms with E-state index in [2.05, 4.69) is 20.8 Å². The molecule has 68 valence electrons. The molecule has 0 unspecified atom stereocenters. The normalized spacial score (nSPS) is 49.6. The Labute approximate surface area is 73.3 Å². The Morgan fingerprint density at radius 2 is 2.08 bits per heavy atom. The van der Waals surface area contributed by atoms with Crippen molar-refractivity contribution in [3.63, 3.8) is 0 Å². The van der Waals surface area contributed by atoms with Gasteiger partial charge in [-0.1, -0.05) is 13.8 Å². The molecule has 0 N–H and O–H groups in total. The summed E-state index contributed by atoms with van der Waals surface area (Å²) in [6.07, 6.45) is 3.55. The number of aldehydes is 1. The molecule has 2 bridgehead atoms. The Bertz CT molecular complexity index is 217. The van der Waals surface area contributed by atoms with Gasteiger partial charge in [0.15, 0.2) is 0 Å². The van der Waals surface area contributed by atoms with Crippen molar-refractivity contribution >= 4 is 6.29 Å². The van der Waals surface area contributed by atoms with E-state index in [1.807, 2.05) is 0 Å². The molecule has 3 atom stereocenters. The molecule has 2 aliphatic heterocycles. The van der Waals surface area contributed by atoms with Crippen molar-refractivity contribution in [3.05, 3.63) is 0 Å². The second kappa shape index (κ2) is 2.11. The van der Waals surface area contributed by atoms with E-state index >= 15 is 0 Å². The average molecular weight is 168 g/mol. The summed E-state index contributed by atoms with van der Waals surface area (Å²) in [7, 11) is 0. The second-order valence-corrected chi connectivity index (χ2v) is 4.89. The van der Waals surface area contributed by atoms with Gasteiger partial charge in [-0.2, -0.15) is 0 Å². The van der Waals surface area contributed by atoms with Crippen LogP contribution in [-0.2, 0) is 9.53 Å². The van der Waals surface area contributed by atoms with Gasteiger partial charge in [0, 0.05) is 5.41 Å². The third kappa shape index (κ3) is 0.764. The molecule has 0 amide bonds. The van der Waals surface area contributed by atoms with Crippen LogP contribution in [0.25, 0.3) is 0 Å². The van der Waals surface area contributed by atoms with Crippen LogP contribution in [0.4, 0.5) is 0 Å². The fourth-order valence-electron chi connectivity index (χ4n) is 2.92. The van der Waals surface area contributed by atoms with Crippen molar-refractivity contribution in [2.45, 2.75) is 45.3 Å². The van der Waals surface area contributed by atoms with Crippen LogP contribution in [0.15, 0.2) is 0 Å². The number of rotatable bonds is 1. The standard InChI is InChI=1S/C10H16O2/c1-9(2)7(6-11)10(3)5-4-8(9)12-10/h6-8H,4-5H2,1-3H3/t7-,8-,10+/m0/s1. The van der Waals surface area contributed by atoms with Crippen LogP contribution < -0.4 is 0 Å². The van der Waals surface area contributed by atoms with Gasteiger partial charge in [-0.25, -0.2) is 0 Å². The largest absolute Gasteiger partial charge is 0.371 e. The molecule has 2 heterocycles. The first-order valence-electron chi connectivity index (χ1n) is 4.64. The highest BCUT2D eigenvalue weighted by atomic mass is 16.5. The van der Waals surface area contributed by atoms with Crippen molar-refractivity contribution in [2.75, 3.05) is 0 Å². The monoisotopic (exact) mass is 168 g/mol. The first kappa shape index (κ1) is 8.24. The highest BCUT2D eigenvalue weighted by Gasteiger charge is 2.60. The van der Waals surface area contributed by atoms with E-state index in [1.165, 1.54) is 0 Å². The first-order valence-corrected chi connectivity index (χ1v) is 4.64. The molecule has 0 radical (unpaired) electrons. The van der Waals surface area contributed by atoms with Gasteiger partial charge in [0.25, 0.3) is 0 Å². The quantitative estimate of drug-likeness (QED) is 0.558. The van der Waals surface area contributed by atoms with Gasteiger partial charge in [0.2, 0.25) is 0 Å². The number of hydrogen-bond donors (Lipinski definition) is 0. The van der Waals surface area contributed by atoms with Crippen molar-refractivity contribution < 1.29 is 9.53 Å². The van der Waals surface area contributed by atoms with Crippen LogP contribution in [-0.4, -0.2) is 18.0 Å². The fraction of sp³-hybridized carbons (Fsp3) is 0.900. The topological polar surface area (TPSA) is 26.3 Å². The molecule has 12 heavy (non-hydrogen) atoms. The predicted octanol–water partition coefficient (Wildman–Crippen LogP) is 1.78. The summed E-state index contributed by atoms with van der Waals surface area (Å²) in [5.74, 6) is 0.0868. The molecule has 0 saturated carbocycles. The van der Waals surface area contributed by atoms with E-state index < -0.39 is 0 Å². The van der Waals surface area contributed by atoms with E-state index in [4.69, 9.17) is 4.74 Å². The number of carbonyl (C=O) groups is 1. The maximum Gasteiger partial charge on any atom is 0.126 e. The van der Waals surface area contributed by atoms with E-state index in [0.29, 0.717) is 6.10 Å². The molecule has 2 heteroatoms. The zero-order valence-electron chi connectivity index (χ0n) is 7.96. The van der Waals surface area contributed by atoms with Gasteiger partial charge in [0.05, 0.1) is 17.6 Å². The summed E-state index contributed by atoms with van der Waals surface area (Å²) in [4.78, 5) is 10.9. The second-order valence-electron chi connectivity index (χ2n) is 4.89. The minimum atomic E-state index is -0.157. The summed E-state index contributed by atoms with van der Waals surface area (Å²) in [5.41, 5.74) is -0.106. The molecule has 0 aromatic heterocycles. The number of fused-ring (bicyclic) bond motifs is 2. The highest BCUT2D eigenvalue weighted by molar-refractivity contribution is 5.59. The Kier molecular flexibility index (Phi) is 1.45. The van der Waals surface area contributed by atoms with Crippen molar-refractivity contribution in [1.82, 2.24) is 0 Å². The number of ether oxygens (including phenoxy) is 1. The molecule has 0 aromatic rings. The number of hydrogen-bond acceptors (Lipinski definition) is 2. The van der Waals surface area contributed by atoms with Gasteiger partial charge in [-0.3, -0.25) is 0 Å². The molecule has 2 nitrogen and oxygen atoms in total. The maximum atomic E-state index is 10.9. The van der Waals surface area contributed by atoms with Crippen molar-refractivity contribution in [2.24, 2.45) is 11.3 Å². The van der Waals surface area contributed by atoms with Gasteiger partial charge in [-0.15, -0.1) is 0 Å². The summed E-state index contributed by atoms with van der Waals surface area (Å²) in [6, 6.07) is 0. The molecular formula is C10H16O2.